The number of H-pyrrole nitrogens is 1. The van der Waals surface area contributed by atoms with Crippen molar-refractivity contribution in [3.05, 3.63) is 11.6 Å². The minimum absolute atomic E-state index is 0.130. The van der Waals surface area contributed by atoms with Gasteiger partial charge in [0.25, 0.3) is 5.91 Å². The zero-order valence-electron chi connectivity index (χ0n) is 11.2. The second-order valence-corrected chi connectivity index (χ2v) is 5.09. The Bertz CT molecular complexity index is 379. The quantitative estimate of drug-likeness (QED) is 0.797. The molecule has 0 aliphatic heterocycles. The van der Waals surface area contributed by atoms with Gasteiger partial charge in [-0.3, -0.25) is 9.89 Å². The molecule has 0 spiro atoms. The Balaban J connectivity index is 2.73. The lowest BCUT2D eigenvalue weighted by Gasteiger charge is -2.15. The standard InChI is InChI=1S/C11H21N5O/c1-11(2,3)10-13-8(14-15-10)9(17)16(5)7-6-12-4/h12H,6-7H2,1-5H3,(H,13,14,15). The third-order valence-corrected chi connectivity index (χ3v) is 2.43. The molecule has 1 aromatic heterocycles. The number of nitrogens with one attached hydrogen (secondary N) is 2. The maximum absolute atomic E-state index is 11.9. The zero-order chi connectivity index (χ0) is 13.1. The molecule has 2 N–H and O–H groups in total. The van der Waals surface area contributed by atoms with Crippen molar-refractivity contribution in [2.24, 2.45) is 0 Å². The summed E-state index contributed by atoms with van der Waals surface area (Å²) in [5.74, 6) is 0.795. The van der Waals surface area contributed by atoms with E-state index in [0.29, 0.717) is 6.54 Å². The van der Waals surface area contributed by atoms with Gasteiger partial charge in [0, 0.05) is 25.6 Å². The largest absolute Gasteiger partial charge is 0.338 e. The molecule has 0 unspecified atom stereocenters. The van der Waals surface area contributed by atoms with Crippen LogP contribution in [-0.2, 0) is 5.41 Å². The number of likely N-dealkylation sites (N-methyl/N-ethyl adjacent to an activating group) is 2. The summed E-state index contributed by atoms with van der Waals surface area (Å²) in [6.07, 6.45) is 0. The molecule has 0 bridgehead atoms. The summed E-state index contributed by atoms with van der Waals surface area (Å²) >= 11 is 0. The minimum atomic E-state index is -0.160. The lowest BCUT2D eigenvalue weighted by molar-refractivity contribution is 0.0785. The highest BCUT2D eigenvalue weighted by molar-refractivity contribution is 5.90. The molecule has 1 rings (SSSR count). The van der Waals surface area contributed by atoms with Crippen LogP contribution in [0.5, 0.6) is 0 Å². The van der Waals surface area contributed by atoms with Crippen molar-refractivity contribution in [2.45, 2.75) is 26.2 Å². The molecule has 0 saturated carbocycles. The normalized spacial score (nSPS) is 11.6. The van der Waals surface area contributed by atoms with Crippen LogP contribution in [0.25, 0.3) is 0 Å². The Labute approximate surface area is 102 Å². The molecule has 0 saturated heterocycles. The molecule has 1 aromatic rings. The minimum Gasteiger partial charge on any atom is -0.338 e. The highest BCUT2D eigenvalue weighted by Gasteiger charge is 2.22. The third-order valence-electron chi connectivity index (χ3n) is 2.43. The van der Waals surface area contributed by atoms with Crippen molar-refractivity contribution in [1.29, 1.82) is 0 Å². The Kier molecular flexibility index (Phi) is 4.22. The first-order valence-electron chi connectivity index (χ1n) is 5.69. The van der Waals surface area contributed by atoms with Crippen LogP contribution in [0.3, 0.4) is 0 Å². The average Bonchev–Trinajstić information content (AvgIpc) is 2.73. The smallest absolute Gasteiger partial charge is 0.293 e. The fourth-order valence-electron chi connectivity index (χ4n) is 1.24. The number of aromatic amines is 1. The van der Waals surface area contributed by atoms with Crippen molar-refractivity contribution in [2.75, 3.05) is 27.2 Å². The molecule has 0 fully saturated rings. The number of carbonyl (C=O) groups excluding carboxylic acids is 1. The van der Waals surface area contributed by atoms with Gasteiger partial charge in [-0.05, 0) is 7.05 Å². The van der Waals surface area contributed by atoms with Crippen LogP contribution in [0, 0.1) is 0 Å². The van der Waals surface area contributed by atoms with E-state index in [2.05, 4.69) is 20.5 Å². The molecule has 0 radical (unpaired) electrons. The molecule has 1 amide bonds. The van der Waals surface area contributed by atoms with E-state index in [1.807, 2.05) is 27.8 Å². The van der Waals surface area contributed by atoms with Gasteiger partial charge in [-0.1, -0.05) is 20.8 Å². The molecule has 0 aromatic carbocycles. The lowest BCUT2D eigenvalue weighted by atomic mass is 9.96. The van der Waals surface area contributed by atoms with Crippen LogP contribution in [0.2, 0.25) is 0 Å². The Morgan fingerprint density at radius 1 is 1.47 bits per heavy atom. The Hall–Kier alpha value is -1.43. The Morgan fingerprint density at radius 3 is 2.59 bits per heavy atom. The van der Waals surface area contributed by atoms with Crippen molar-refractivity contribution < 1.29 is 4.79 Å². The SMILES string of the molecule is CNCCN(C)C(=O)c1n[nH]c(C(C)(C)C)n1. The van der Waals surface area contributed by atoms with Crippen molar-refractivity contribution in [3.63, 3.8) is 0 Å². The van der Waals surface area contributed by atoms with Crippen molar-refractivity contribution in [3.8, 4) is 0 Å². The predicted molar refractivity (Wildman–Crippen MR) is 66.0 cm³/mol. The maximum Gasteiger partial charge on any atom is 0.293 e. The van der Waals surface area contributed by atoms with Crippen LogP contribution >= 0.6 is 0 Å². The van der Waals surface area contributed by atoms with Crippen LogP contribution < -0.4 is 5.32 Å². The Morgan fingerprint density at radius 2 is 2.12 bits per heavy atom. The van der Waals surface area contributed by atoms with Gasteiger partial charge in [-0.25, -0.2) is 4.98 Å². The van der Waals surface area contributed by atoms with Gasteiger partial charge in [-0.2, -0.15) is 0 Å². The molecular weight excluding hydrogens is 218 g/mol. The molecule has 6 nitrogen and oxygen atoms in total. The lowest BCUT2D eigenvalue weighted by Crippen LogP contribution is -2.33. The third kappa shape index (κ3) is 3.52. The predicted octanol–water partition coefficient (Wildman–Crippen LogP) is 0.394. The van der Waals surface area contributed by atoms with Gasteiger partial charge in [-0.15, -0.1) is 5.10 Å². The highest BCUT2D eigenvalue weighted by Crippen LogP contribution is 2.17. The van der Waals surface area contributed by atoms with Gasteiger partial charge < -0.3 is 10.2 Å². The molecule has 1 heterocycles. The van der Waals surface area contributed by atoms with E-state index < -0.39 is 0 Å². The molecule has 96 valence electrons. The second kappa shape index (κ2) is 5.27. The second-order valence-electron chi connectivity index (χ2n) is 5.09. The van der Waals surface area contributed by atoms with Crippen LogP contribution in [0.1, 0.15) is 37.2 Å². The topological polar surface area (TPSA) is 73.9 Å². The fourth-order valence-corrected chi connectivity index (χ4v) is 1.24. The summed E-state index contributed by atoms with van der Waals surface area (Å²) in [6, 6.07) is 0. The number of rotatable bonds is 4. The average molecular weight is 239 g/mol. The van der Waals surface area contributed by atoms with E-state index in [9.17, 15) is 4.79 Å². The van der Waals surface area contributed by atoms with Crippen LogP contribution in [0.4, 0.5) is 0 Å². The summed E-state index contributed by atoms with van der Waals surface area (Å²) in [7, 11) is 3.59. The molecule has 0 aliphatic rings. The molecule has 17 heavy (non-hydrogen) atoms. The summed E-state index contributed by atoms with van der Waals surface area (Å²) < 4.78 is 0. The van der Waals surface area contributed by atoms with Crippen LogP contribution in [0.15, 0.2) is 0 Å². The summed E-state index contributed by atoms with van der Waals surface area (Å²) in [6.45, 7) is 7.44. The van der Waals surface area contributed by atoms with E-state index in [1.165, 1.54) is 0 Å². The van der Waals surface area contributed by atoms with Crippen molar-refractivity contribution in [1.82, 2.24) is 25.4 Å². The van der Waals surface area contributed by atoms with E-state index in [4.69, 9.17) is 0 Å². The highest BCUT2D eigenvalue weighted by atomic mass is 16.2. The number of aromatic nitrogens is 3. The van der Waals surface area contributed by atoms with Gasteiger partial charge in [0.05, 0.1) is 0 Å². The number of hydrogen-bond acceptors (Lipinski definition) is 4. The van der Waals surface area contributed by atoms with E-state index >= 15 is 0 Å². The van der Waals surface area contributed by atoms with E-state index in [0.717, 1.165) is 12.4 Å². The molecule has 6 heteroatoms. The molecule has 0 aliphatic carbocycles. The van der Waals surface area contributed by atoms with Gasteiger partial charge in [0.1, 0.15) is 5.82 Å². The summed E-state index contributed by atoms with van der Waals surface area (Å²) in [5, 5.41) is 9.77. The first-order valence-corrected chi connectivity index (χ1v) is 5.69. The molecule has 0 atom stereocenters. The first kappa shape index (κ1) is 13.6. The summed E-state index contributed by atoms with van der Waals surface area (Å²) in [5.41, 5.74) is -0.130. The fraction of sp³-hybridized carbons (Fsp3) is 0.727. The monoisotopic (exact) mass is 239 g/mol. The van der Waals surface area contributed by atoms with Gasteiger partial charge in [0.15, 0.2) is 0 Å². The van der Waals surface area contributed by atoms with E-state index in [-0.39, 0.29) is 17.1 Å². The number of nitrogens with zero attached hydrogens (tertiary/aromatic N) is 3. The van der Waals surface area contributed by atoms with Gasteiger partial charge in [0.2, 0.25) is 5.82 Å². The number of carbonyl (C=O) groups is 1. The van der Waals surface area contributed by atoms with E-state index in [1.54, 1.807) is 11.9 Å². The molecular formula is C11H21N5O. The van der Waals surface area contributed by atoms with Crippen LogP contribution in [-0.4, -0.2) is 53.2 Å². The number of hydrogen-bond donors (Lipinski definition) is 2. The van der Waals surface area contributed by atoms with Gasteiger partial charge >= 0.3 is 0 Å². The number of amides is 1. The zero-order valence-corrected chi connectivity index (χ0v) is 11.2. The first-order chi connectivity index (χ1) is 7.86. The maximum atomic E-state index is 11.9. The summed E-state index contributed by atoms with van der Waals surface area (Å²) in [4.78, 5) is 17.8. The van der Waals surface area contributed by atoms with Crippen molar-refractivity contribution >= 4 is 5.91 Å².